The molecule has 0 radical (unpaired) electrons. The summed E-state index contributed by atoms with van der Waals surface area (Å²) in [6.45, 7) is 11.8. The molecular weight excluding hydrogens is 258 g/mol. The highest BCUT2D eigenvalue weighted by Crippen LogP contribution is 2.26. The molecule has 0 fully saturated rings. The molecule has 0 aromatic heterocycles. The van der Waals surface area contributed by atoms with Gasteiger partial charge in [0, 0.05) is 17.0 Å². The van der Waals surface area contributed by atoms with E-state index in [9.17, 15) is 4.79 Å². The van der Waals surface area contributed by atoms with Crippen molar-refractivity contribution in [1.29, 1.82) is 0 Å². The Morgan fingerprint density at radius 2 is 1.63 bits per heavy atom. The Kier molecular flexibility index (Phi) is 5.29. The summed E-state index contributed by atoms with van der Waals surface area (Å²) in [7, 11) is 0. The third-order valence-electron chi connectivity index (χ3n) is 3.01. The highest BCUT2D eigenvalue weighted by molar-refractivity contribution is 7.80. The molecule has 106 valence electrons. The van der Waals surface area contributed by atoms with Crippen molar-refractivity contribution in [2.24, 2.45) is 0 Å². The van der Waals surface area contributed by atoms with Crippen LogP contribution in [0, 0.1) is 13.8 Å². The van der Waals surface area contributed by atoms with Crippen molar-refractivity contribution in [3.05, 3.63) is 23.3 Å². The van der Waals surface area contributed by atoms with Gasteiger partial charge in [0.05, 0.1) is 0 Å². The summed E-state index contributed by atoms with van der Waals surface area (Å²) in [5.74, 6) is 0.576. The van der Waals surface area contributed by atoms with Gasteiger partial charge >= 0.3 is 6.09 Å². The number of ether oxygens (including phenoxy) is 1. The Morgan fingerprint density at radius 3 is 2.11 bits per heavy atom. The smallest absolute Gasteiger partial charge is 0.410 e. The quantitative estimate of drug-likeness (QED) is 0.841. The zero-order valence-electron chi connectivity index (χ0n) is 12.5. The lowest BCUT2D eigenvalue weighted by atomic mass is 10.1. The van der Waals surface area contributed by atoms with Crippen molar-refractivity contribution in [3.8, 4) is 5.75 Å². The molecule has 0 saturated heterocycles. The van der Waals surface area contributed by atoms with Gasteiger partial charge in [-0.2, -0.15) is 0 Å². The number of carbonyl (C=O) groups is 1. The van der Waals surface area contributed by atoms with Gasteiger partial charge in [0.25, 0.3) is 0 Å². The number of rotatable bonds is 3. The second kappa shape index (κ2) is 6.33. The molecule has 19 heavy (non-hydrogen) atoms. The van der Waals surface area contributed by atoms with Crippen molar-refractivity contribution < 1.29 is 9.53 Å². The SMILES string of the molecule is Cc1cc(C)c(OC(=O)N(C(C)C)C(C)C)cc1S. The number of nitrogens with zero attached hydrogens (tertiary/aromatic N) is 1. The van der Waals surface area contributed by atoms with Crippen LogP contribution in [0.1, 0.15) is 38.8 Å². The number of thiol groups is 1. The van der Waals surface area contributed by atoms with Gasteiger partial charge < -0.3 is 9.64 Å². The van der Waals surface area contributed by atoms with E-state index in [1.165, 1.54) is 0 Å². The first-order valence-electron chi connectivity index (χ1n) is 6.54. The van der Waals surface area contributed by atoms with E-state index in [1.807, 2.05) is 47.6 Å². The van der Waals surface area contributed by atoms with Crippen LogP contribution in [0.2, 0.25) is 0 Å². The molecule has 0 aliphatic carbocycles. The minimum absolute atomic E-state index is 0.105. The van der Waals surface area contributed by atoms with Crippen molar-refractivity contribution in [2.75, 3.05) is 0 Å². The fourth-order valence-corrected chi connectivity index (χ4v) is 2.28. The molecule has 1 aromatic carbocycles. The lowest BCUT2D eigenvalue weighted by Crippen LogP contribution is -2.43. The average Bonchev–Trinajstić information content (AvgIpc) is 2.24. The van der Waals surface area contributed by atoms with Crippen LogP contribution in [-0.4, -0.2) is 23.1 Å². The minimum Gasteiger partial charge on any atom is -0.410 e. The maximum absolute atomic E-state index is 12.2. The first-order valence-corrected chi connectivity index (χ1v) is 6.99. The van der Waals surface area contributed by atoms with Gasteiger partial charge in [0.15, 0.2) is 0 Å². The van der Waals surface area contributed by atoms with E-state index in [-0.39, 0.29) is 18.2 Å². The predicted octanol–water partition coefficient (Wildman–Crippen LogP) is 4.21. The Labute approximate surface area is 121 Å². The molecule has 0 N–H and O–H groups in total. The van der Waals surface area contributed by atoms with Gasteiger partial charge in [-0.25, -0.2) is 4.79 Å². The third kappa shape index (κ3) is 3.90. The molecule has 1 aromatic rings. The number of hydrogen-bond donors (Lipinski definition) is 1. The van der Waals surface area contributed by atoms with Crippen LogP contribution in [0.15, 0.2) is 17.0 Å². The summed E-state index contributed by atoms with van der Waals surface area (Å²) < 4.78 is 5.50. The van der Waals surface area contributed by atoms with Gasteiger partial charge in [-0.05, 0) is 58.7 Å². The van der Waals surface area contributed by atoms with E-state index in [0.29, 0.717) is 5.75 Å². The van der Waals surface area contributed by atoms with E-state index < -0.39 is 0 Å². The normalized spacial score (nSPS) is 11.0. The van der Waals surface area contributed by atoms with Crippen LogP contribution >= 0.6 is 12.6 Å². The van der Waals surface area contributed by atoms with Crippen molar-refractivity contribution in [3.63, 3.8) is 0 Å². The molecule has 4 heteroatoms. The Morgan fingerprint density at radius 1 is 1.11 bits per heavy atom. The van der Waals surface area contributed by atoms with Crippen LogP contribution in [0.3, 0.4) is 0 Å². The van der Waals surface area contributed by atoms with Crippen molar-refractivity contribution in [1.82, 2.24) is 4.90 Å². The fraction of sp³-hybridized carbons (Fsp3) is 0.533. The van der Waals surface area contributed by atoms with Gasteiger partial charge in [0.2, 0.25) is 0 Å². The minimum atomic E-state index is -0.315. The summed E-state index contributed by atoms with van der Waals surface area (Å²) in [6, 6.07) is 3.98. The molecule has 0 aliphatic rings. The van der Waals surface area contributed by atoms with Gasteiger partial charge in [-0.15, -0.1) is 12.6 Å². The summed E-state index contributed by atoms with van der Waals surface area (Å²) in [5, 5.41) is 0. The topological polar surface area (TPSA) is 29.5 Å². The van der Waals surface area contributed by atoms with E-state index in [1.54, 1.807) is 11.0 Å². The Balaban J connectivity index is 2.96. The largest absolute Gasteiger partial charge is 0.415 e. The van der Waals surface area contributed by atoms with Crippen molar-refractivity contribution >= 4 is 18.7 Å². The lowest BCUT2D eigenvalue weighted by molar-refractivity contribution is 0.122. The molecule has 0 atom stereocenters. The standard InChI is InChI=1S/C15H23NO2S/c1-9(2)16(10(3)4)15(17)18-13-8-14(19)12(6)7-11(13)5/h7-10,19H,1-6H3. The molecule has 0 aliphatic heterocycles. The first-order chi connectivity index (χ1) is 8.73. The molecule has 3 nitrogen and oxygen atoms in total. The average molecular weight is 281 g/mol. The first kappa shape index (κ1) is 15.9. The highest BCUT2D eigenvalue weighted by Gasteiger charge is 2.22. The molecule has 1 amide bonds. The van der Waals surface area contributed by atoms with Crippen LogP contribution < -0.4 is 4.74 Å². The van der Waals surface area contributed by atoms with Crippen molar-refractivity contribution in [2.45, 2.75) is 58.5 Å². The van der Waals surface area contributed by atoms with Gasteiger partial charge in [0.1, 0.15) is 5.75 Å². The second-order valence-electron chi connectivity index (χ2n) is 5.37. The lowest BCUT2D eigenvalue weighted by Gasteiger charge is -2.29. The van der Waals surface area contributed by atoms with E-state index in [4.69, 9.17) is 4.74 Å². The number of carbonyl (C=O) groups excluding carboxylic acids is 1. The van der Waals surface area contributed by atoms with E-state index in [2.05, 4.69) is 12.6 Å². The zero-order valence-corrected chi connectivity index (χ0v) is 13.4. The van der Waals surface area contributed by atoms with E-state index in [0.717, 1.165) is 16.0 Å². The van der Waals surface area contributed by atoms with Crippen LogP contribution in [0.4, 0.5) is 4.79 Å². The maximum atomic E-state index is 12.2. The maximum Gasteiger partial charge on any atom is 0.415 e. The Hall–Kier alpha value is -1.16. The Bertz CT molecular complexity index is 461. The summed E-state index contributed by atoms with van der Waals surface area (Å²) in [4.78, 5) is 14.8. The van der Waals surface area contributed by atoms with Gasteiger partial charge in [-0.3, -0.25) is 0 Å². The molecule has 0 spiro atoms. The fourth-order valence-electron chi connectivity index (χ4n) is 2.10. The number of aryl methyl sites for hydroxylation is 2. The predicted molar refractivity (Wildman–Crippen MR) is 81.3 cm³/mol. The van der Waals surface area contributed by atoms with Crippen LogP contribution in [0.5, 0.6) is 5.75 Å². The van der Waals surface area contributed by atoms with E-state index >= 15 is 0 Å². The molecule has 0 heterocycles. The molecule has 0 unspecified atom stereocenters. The number of benzene rings is 1. The third-order valence-corrected chi connectivity index (χ3v) is 3.50. The molecule has 1 rings (SSSR count). The number of hydrogen-bond acceptors (Lipinski definition) is 3. The van der Waals surface area contributed by atoms with Gasteiger partial charge in [-0.1, -0.05) is 6.07 Å². The van der Waals surface area contributed by atoms with Crippen LogP contribution in [0.25, 0.3) is 0 Å². The molecular formula is C15H23NO2S. The zero-order chi connectivity index (χ0) is 14.7. The number of amides is 1. The monoisotopic (exact) mass is 281 g/mol. The van der Waals surface area contributed by atoms with Crippen LogP contribution in [-0.2, 0) is 0 Å². The molecule has 0 saturated carbocycles. The summed E-state index contributed by atoms with van der Waals surface area (Å²) in [5.41, 5.74) is 2.02. The second-order valence-corrected chi connectivity index (χ2v) is 5.85. The molecule has 0 bridgehead atoms. The summed E-state index contributed by atoms with van der Waals surface area (Å²) in [6.07, 6.45) is -0.315. The highest BCUT2D eigenvalue weighted by atomic mass is 32.1. The summed E-state index contributed by atoms with van der Waals surface area (Å²) >= 11 is 4.37.